The molecule has 1 saturated carbocycles. The van der Waals surface area contributed by atoms with E-state index >= 15 is 4.39 Å². The molecule has 220 valence electrons. The van der Waals surface area contributed by atoms with Crippen LogP contribution < -0.4 is 16.4 Å². The molecule has 1 aromatic carbocycles. The van der Waals surface area contributed by atoms with Crippen LogP contribution in [0.2, 0.25) is 0 Å². The van der Waals surface area contributed by atoms with Gasteiger partial charge in [-0.1, -0.05) is 13.8 Å². The van der Waals surface area contributed by atoms with E-state index in [2.05, 4.69) is 10.6 Å². The van der Waals surface area contributed by atoms with Gasteiger partial charge in [0.1, 0.15) is 22.9 Å². The molecule has 12 nitrogen and oxygen atoms in total. The lowest BCUT2D eigenvalue weighted by atomic mass is 9.57. The Kier molecular flexibility index (Phi) is 6.75. The SMILES string of the molecule is CC(C)C[C@H]1NCc2c(F)c3c(c(O)c2NC1=O)C(O)=C1C(=O)[C@]2(O)C(O)=C(C(N)=O)C(=O)[C@@H](N(C)C)[C@@H]2C[C@@H]1C3. The zero-order valence-electron chi connectivity index (χ0n) is 23.0. The number of primary amides is 1. The van der Waals surface area contributed by atoms with Crippen molar-refractivity contribution in [3.63, 3.8) is 0 Å². The lowest BCUT2D eigenvalue weighted by molar-refractivity contribution is -0.153. The first kappa shape index (κ1) is 28.7. The van der Waals surface area contributed by atoms with Crippen molar-refractivity contribution < 1.29 is 44.0 Å². The lowest BCUT2D eigenvalue weighted by Crippen LogP contribution is -2.65. The Hall–Kier alpha value is -3.81. The van der Waals surface area contributed by atoms with Gasteiger partial charge in [-0.25, -0.2) is 4.39 Å². The number of hydrogen-bond acceptors (Lipinski definition) is 10. The topological polar surface area (TPSA) is 203 Å². The minimum atomic E-state index is -2.80. The van der Waals surface area contributed by atoms with E-state index in [9.17, 15) is 39.6 Å². The molecule has 8 N–H and O–H groups in total. The smallest absolute Gasteiger partial charge is 0.255 e. The number of phenols is 1. The molecule has 1 aromatic rings. The van der Waals surface area contributed by atoms with Gasteiger partial charge in [0.05, 0.1) is 23.3 Å². The minimum absolute atomic E-state index is 0.0126. The first-order valence-corrected chi connectivity index (χ1v) is 13.4. The monoisotopic (exact) mass is 572 g/mol. The molecule has 0 saturated heterocycles. The number of carbonyl (C=O) groups is 4. The Morgan fingerprint density at radius 3 is 2.41 bits per heavy atom. The third-order valence-corrected chi connectivity index (χ3v) is 8.72. The number of aliphatic hydroxyl groups excluding tert-OH is 2. The number of fused-ring (bicyclic) bond motifs is 4. The fraction of sp³-hybridized carbons (Fsp3) is 0.500. The molecule has 1 aliphatic heterocycles. The maximum atomic E-state index is 16.1. The van der Waals surface area contributed by atoms with E-state index in [0.717, 1.165) is 0 Å². The Morgan fingerprint density at radius 1 is 1.17 bits per heavy atom. The predicted molar refractivity (Wildman–Crippen MR) is 143 cm³/mol. The molecule has 0 radical (unpaired) electrons. The number of halogens is 1. The number of benzene rings is 1. The van der Waals surface area contributed by atoms with Gasteiger partial charge in [0.15, 0.2) is 17.1 Å². The van der Waals surface area contributed by atoms with Crippen molar-refractivity contribution in [1.29, 1.82) is 0 Å². The normalized spacial score (nSPS) is 29.6. The highest BCUT2D eigenvalue weighted by Crippen LogP contribution is 2.54. The van der Waals surface area contributed by atoms with E-state index < -0.39 is 92.7 Å². The van der Waals surface area contributed by atoms with Crippen molar-refractivity contribution in [2.75, 3.05) is 19.4 Å². The van der Waals surface area contributed by atoms with E-state index in [-0.39, 0.29) is 42.1 Å². The number of aliphatic hydroxyl groups is 3. The van der Waals surface area contributed by atoms with Crippen molar-refractivity contribution in [3.05, 3.63) is 39.4 Å². The summed E-state index contributed by atoms with van der Waals surface area (Å²) >= 11 is 0. The standard InChI is InChI=1S/C28H33FN4O8/c1-9(2)5-14-27(40)32-19-12(8-31-14)18(29)11-6-10-7-13-20(33(3)4)23(36)17(26(30)39)25(38)28(13,41)24(37)15(10)21(34)16(11)22(19)35/h9-10,13-14,20,31,34-35,38,41H,5-8H2,1-4H3,(H2,30,39)(H,32,40)/t10-,13-,14+,20-,28-/m0/s1. The molecule has 4 aliphatic rings. The number of rotatable bonds is 4. The van der Waals surface area contributed by atoms with Crippen molar-refractivity contribution in [1.82, 2.24) is 10.2 Å². The number of hydrogen-bond donors (Lipinski definition) is 7. The third kappa shape index (κ3) is 3.97. The summed E-state index contributed by atoms with van der Waals surface area (Å²) in [6, 6.07) is -1.91. The molecular formula is C28H33FN4O8. The molecule has 5 rings (SSSR count). The molecule has 0 bridgehead atoms. The second kappa shape index (κ2) is 9.64. The summed E-state index contributed by atoms with van der Waals surface area (Å²) in [6.07, 6.45) is 0.100. The molecule has 3 aliphatic carbocycles. The van der Waals surface area contributed by atoms with Crippen LogP contribution in [0.5, 0.6) is 5.75 Å². The summed E-state index contributed by atoms with van der Waals surface area (Å²) in [5, 5.41) is 50.7. The second-order valence-corrected chi connectivity index (χ2v) is 11.9. The summed E-state index contributed by atoms with van der Waals surface area (Å²) in [6.45, 7) is 3.76. The summed E-state index contributed by atoms with van der Waals surface area (Å²) < 4.78 is 16.1. The predicted octanol–water partition coefficient (Wildman–Crippen LogP) is 0.560. The molecule has 1 fully saturated rings. The number of Topliss-reactive ketones (excluding diaryl/α,β-unsaturated/α-hetero) is 2. The van der Waals surface area contributed by atoms with E-state index in [0.29, 0.717) is 6.42 Å². The van der Waals surface area contributed by atoms with Gasteiger partial charge in [-0.05, 0) is 45.2 Å². The molecule has 13 heteroatoms. The number of phenolic OH excluding ortho intramolecular Hbond substituents is 1. The van der Waals surface area contributed by atoms with Gasteiger partial charge in [0.2, 0.25) is 11.7 Å². The molecule has 1 heterocycles. The maximum Gasteiger partial charge on any atom is 0.255 e. The molecule has 0 unspecified atom stereocenters. The van der Waals surface area contributed by atoms with Gasteiger partial charge < -0.3 is 36.8 Å². The largest absolute Gasteiger partial charge is 0.508 e. The number of amides is 2. The molecule has 0 aromatic heterocycles. The van der Waals surface area contributed by atoms with E-state index in [1.54, 1.807) is 0 Å². The number of anilines is 1. The van der Waals surface area contributed by atoms with Crippen LogP contribution in [-0.4, -0.2) is 80.5 Å². The average Bonchev–Trinajstić information content (AvgIpc) is 3.03. The summed E-state index contributed by atoms with van der Waals surface area (Å²) in [7, 11) is 2.99. The average molecular weight is 573 g/mol. The van der Waals surface area contributed by atoms with Gasteiger partial charge in [-0.3, -0.25) is 24.1 Å². The van der Waals surface area contributed by atoms with Gasteiger partial charge in [-0.15, -0.1) is 0 Å². The zero-order chi connectivity index (χ0) is 30.3. The number of nitrogens with two attached hydrogens (primary N) is 1. The highest BCUT2D eigenvalue weighted by atomic mass is 19.1. The molecular weight excluding hydrogens is 539 g/mol. The Bertz CT molecular complexity index is 1480. The van der Waals surface area contributed by atoms with Crippen LogP contribution in [0, 0.1) is 23.6 Å². The van der Waals surface area contributed by atoms with Crippen LogP contribution in [0.4, 0.5) is 10.1 Å². The van der Waals surface area contributed by atoms with E-state index in [1.165, 1.54) is 19.0 Å². The first-order valence-electron chi connectivity index (χ1n) is 13.4. The fourth-order valence-corrected chi connectivity index (χ4v) is 6.88. The molecule has 2 amide bonds. The van der Waals surface area contributed by atoms with Crippen LogP contribution >= 0.6 is 0 Å². The number of nitrogens with zero attached hydrogens (tertiary/aromatic N) is 1. The Morgan fingerprint density at radius 2 is 1.83 bits per heavy atom. The second-order valence-electron chi connectivity index (χ2n) is 11.9. The van der Waals surface area contributed by atoms with Gasteiger partial charge in [-0.2, -0.15) is 0 Å². The Labute approximate surface area is 234 Å². The fourth-order valence-electron chi connectivity index (χ4n) is 6.88. The highest BCUT2D eigenvalue weighted by Gasteiger charge is 2.64. The van der Waals surface area contributed by atoms with Crippen LogP contribution in [0.15, 0.2) is 16.9 Å². The Balaban J connectivity index is 1.68. The number of carbonyl (C=O) groups excluding carboxylic acids is 4. The van der Waals surface area contributed by atoms with Crippen molar-refractivity contribution in [2.45, 2.75) is 57.3 Å². The minimum Gasteiger partial charge on any atom is -0.508 e. The molecule has 0 spiro atoms. The number of aromatic hydroxyl groups is 1. The zero-order valence-corrected chi connectivity index (χ0v) is 23.0. The molecule has 41 heavy (non-hydrogen) atoms. The van der Waals surface area contributed by atoms with Crippen LogP contribution in [0.1, 0.15) is 43.4 Å². The van der Waals surface area contributed by atoms with Crippen molar-refractivity contribution in [3.8, 4) is 5.75 Å². The van der Waals surface area contributed by atoms with Crippen molar-refractivity contribution >= 4 is 34.8 Å². The number of likely N-dealkylation sites (N-methyl/N-ethyl adjacent to an activating group) is 1. The summed E-state index contributed by atoms with van der Waals surface area (Å²) in [5.74, 6) is -9.42. The van der Waals surface area contributed by atoms with E-state index in [4.69, 9.17) is 5.73 Å². The first-order chi connectivity index (χ1) is 19.1. The number of ketones is 2. The van der Waals surface area contributed by atoms with Gasteiger partial charge in [0.25, 0.3) is 5.91 Å². The van der Waals surface area contributed by atoms with Crippen LogP contribution in [-0.2, 0) is 32.1 Å². The highest BCUT2D eigenvalue weighted by molar-refractivity contribution is 6.24. The summed E-state index contributed by atoms with van der Waals surface area (Å²) in [4.78, 5) is 53.5. The molecule has 5 atom stereocenters. The third-order valence-electron chi connectivity index (χ3n) is 8.72. The van der Waals surface area contributed by atoms with Crippen LogP contribution in [0.3, 0.4) is 0 Å². The van der Waals surface area contributed by atoms with Crippen LogP contribution in [0.25, 0.3) is 5.76 Å². The quantitative estimate of drug-likeness (QED) is 0.197. The van der Waals surface area contributed by atoms with Gasteiger partial charge in [0, 0.05) is 29.2 Å². The van der Waals surface area contributed by atoms with Crippen molar-refractivity contribution in [2.24, 2.45) is 23.5 Å². The van der Waals surface area contributed by atoms with Gasteiger partial charge >= 0.3 is 0 Å². The van der Waals surface area contributed by atoms with E-state index in [1.807, 2.05) is 13.8 Å². The lowest BCUT2D eigenvalue weighted by Gasteiger charge is -2.50. The summed E-state index contributed by atoms with van der Waals surface area (Å²) in [5.41, 5.74) is 0.441. The maximum absolute atomic E-state index is 16.1. The number of nitrogens with one attached hydrogen (secondary N) is 2.